The number of carbonyl (C=O) groups is 1. The number of carbonyl (C=O) groups excluding carboxylic acids is 1. The molecule has 0 bridgehead atoms. The minimum atomic E-state index is 0.269. The molecule has 0 saturated heterocycles. The largest absolute Gasteiger partial charge is 0.317 e. The van der Waals surface area contributed by atoms with Crippen LogP contribution in [0.5, 0.6) is 0 Å². The van der Waals surface area contributed by atoms with Crippen molar-refractivity contribution in [2.75, 3.05) is 7.05 Å². The first-order valence-electron chi connectivity index (χ1n) is 5.74. The van der Waals surface area contributed by atoms with Crippen LogP contribution in [0.15, 0.2) is 0 Å². The van der Waals surface area contributed by atoms with Gasteiger partial charge in [0, 0.05) is 12.0 Å². The second kappa shape index (κ2) is 12.6. The molecule has 0 aliphatic heterocycles. The van der Waals surface area contributed by atoms with Gasteiger partial charge in [-0.25, -0.2) is 0 Å². The second-order valence-corrected chi connectivity index (χ2v) is 3.88. The maximum absolute atomic E-state index is 9.89. The summed E-state index contributed by atoms with van der Waals surface area (Å²) in [7, 11) is 2.00. The maximum atomic E-state index is 9.89. The first-order valence-corrected chi connectivity index (χ1v) is 5.74. The zero-order valence-electron chi connectivity index (χ0n) is 10.5. The van der Waals surface area contributed by atoms with Gasteiger partial charge in [0.2, 0.25) is 0 Å². The van der Waals surface area contributed by atoms with Crippen molar-refractivity contribution in [3.63, 3.8) is 0 Å². The summed E-state index contributed by atoms with van der Waals surface area (Å²) in [5, 5.41) is 3.17. The third-order valence-corrected chi connectivity index (χ3v) is 2.19. The van der Waals surface area contributed by atoms with Crippen molar-refractivity contribution in [3.05, 3.63) is 0 Å². The van der Waals surface area contributed by atoms with E-state index in [1.54, 1.807) is 0 Å². The van der Waals surface area contributed by atoms with Gasteiger partial charge in [-0.05, 0) is 26.8 Å². The molecule has 86 valence electrons. The standard InChI is InChI=1S/C6H15N.C6H12O/c1-4-5-6(2)7-3;1-3-4-6(2)5-7/h6-7H,4-5H2,1-3H3;5-6H,3-4H2,1-2H3. The molecule has 2 atom stereocenters. The Morgan fingerprint density at radius 1 is 1.14 bits per heavy atom. The summed E-state index contributed by atoms with van der Waals surface area (Å²) in [5.41, 5.74) is 0. The number of rotatable bonds is 6. The van der Waals surface area contributed by atoms with Crippen molar-refractivity contribution >= 4 is 6.29 Å². The monoisotopic (exact) mass is 201 g/mol. The SMILES string of the molecule is CCCC(C)C=O.CCCC(C)NC. The average molecular weight is 201 g/mol. The van der Waals surface area contributed by atoms with Crippen molar-refractivity contribution < 1.29 is 4.79 Å². The Balaban J connectivity index is 0. The Kier molecular flexibility index (Phi) is 14.5. The molecule has 0 amide bonds. The van der Waals surface area contributed by atoms with Crippen LogP contribution in [-0.2, 0) is 4.79 Å². The molecule has 0 spiro atoms. The van der Waals surface area contributed by atoms with Crippen LogP contribution in [-0.4, -0.2) is 19.4 Å². The Bertz CT molecular complexity index is 115. The van der Waals surface area contributed by atoms with Crippen molar-refractivity contribution in [2.45, 2.75) is 59.4 Å². The summed E-state index contributed by atoms with van der Waals surface area (Å²) < 4.78 is 0. The first kappa shape index (κ1) is 16.1. The quantitative estimate of drug-likeness (QED) is 0.669. The van der Waals surface area contributed by atoms with E-state index in [1.807, 2.05) is 14.0 Å². The van der Waals surface area contributed by atoms with E-state index in [-0.39, 0.29) is 5.92 Å². The molecule has 0 heterocycles. The third-order valence-electron chi connectivity index (χ3n) is 2.19. The molecule has 2 nitrogen and oxygen atoms in total. The van der Waals surface area contributed by atoms with Crippen LogP contribution in [0, 0.1) is 5.92 Å². The first-order chi connectivity index (χ1) is 6.62. The van der Waals surface area contributed by atoms with Gasteiger partial charge in [0.15, 0.2) is 0 Å². The lowest BCUT2D eigenvalue weighted by atomic mass is 10.1. The van der Waals surface area contributed by atoms with Crippen molar-refractivity contribution in [1.29, 1.82) is 0 Å². The molecular weight excluding hydrogens is 174 g/mol. The van der Waals surface area contributed by atoms with Gasteiger partial charge in [0.25, 0.3) is 0 Å². The van der Waals surface area contributed by atoms with Gasteiger partial charge >= 0.3 is 0 Å². The van der Waals surface area contributed by atoms with Crippen LogP contribution in [0.4, 0.5) is 0 Å². The smallest absolute Gasteiger partial charge is 0.122 e. The predicted molar refractivity (Wildman–Crippen MR) is 63.6 cm³/mol. The average Bonchev–Trinajstić information content (AvgIpc) is 2.19. The Morgan fingerprint density at radius 2 is 1.64 bits per heavy atom. The van der Waals surface area contributed by atoms with Crippen molar-refractivity contribution in [2.24, 2.45) is 5.92 Å². The molecule has 1 N–H and O–H groups in total. The summed E-state index contributed by atoms with van der Waals surface area (Å²) in [6.45, 7) is 8.42. The number of aldehydes is 1. The highest BCUT2D eigenvalue weighted by atomic mass is 16.1. The molecule has 0 aromatic rings. The van der Waals surface area contributed by atoms with Gasteiger partial charge < -0.3 is 10.1 Å². The maximum Gasteiger partial charge on any atom is 0.122 e. The van der Waals surface area contributed by atoms with E-state index in [0.717, 1.165) is 19.1 Å². The molecule has 0 rings (SSSR count). The van der Waals surface area contributed by atoms with Crippen LogP contribution >= 0.6 is 0 Å². The lowest BCUT2D eigenvalue weighted by Gasteiger charge is -2.05. The predicted octanol–water partition coefficient (Wildman–Crippen LogP) is 3.02. The van der Waals surface area contributed by atoms with E-state index in [1.165, 1.54) is 12.8 Å². The number of hydrogen-bond donors (Lipinski definition) is 1. The minimum absolute atomic E-state index is 0.269. The van der Waals surface area contributed by atoms with Crippen LogP contribution in [0.1, 0.15) is 53.4 Å². The topological polar surface area (TPSA) is 29.1 Å². The fraction of sp³-hybridized carbons (Fsp3) is 0.917. The Labute approximate surface area is 89.5 Å². The fourth-order valence-corrected chi connectivity index (χ4v) is 1.10. The molecule has 0 aliphatic carbocycles. The molecule has 0 aliphatic rings. The van der Waals surface area contributed by atoms with Crippen molar-refractivity contribution in [1.82, 2.24) is 5.32 Å². The zero-order valence-corrected chi connectivity index (χ0v) is 10.5. The van der Waals surface area contributed by atoms with Gasteiger partial charge in [-0.15, -0.1) is 0 Å². The van der Waals surface area contributed by atoms with E-state index in [4.69, 9.17) is 0 Å². The minimum Gasteiger partial charge on any atom is -0.317 e. The fourth-order valence-electron chi connectivity index (χ4n) is 1.10. The number of hydrogen-bond acceptors (Lipinski definition) is 2. The van der Waals surface area contributed by atoms with Gasteiger partial charge in [0.05, 0.1) is 0 Å². The lowest BCUT2D eigenvalue weighted by molar-refractivity contribution is -0.110. The van der Waals surface area contributed by atoms with E-state index in [2.05, 4.69) is 26.1 Å². The molecular formula is C12H27NO. The van der Waals surface area contributed by atoms with Gasteiger partial charge in [0.1, 0.15) is 6.29 Å². The number of nitrogens with one attached hydrogen (secondary N) is 1. The summed E-state index contributed by atoms with van der Waals surface area (Å²) in [4.78, 5) is 9.89. The molecule has 2 unspecified atom stereocenters. The molecule has 0 aromatic carbocycles. The Hall–Kier alpha value is -0.370. The van der Waals surface area contributed by atoms with Crippen LogP contribution in [0.3, 0.4) is 0 Å². The summed E-state index contributed by atoms with van der Waals surface area (Å²) in [5.74, 6) is 0.269. The normalized spacial score (nSPS) is 13.8. The van der Waals surface area contributed by atoms with E-state index in [9.17, 15) is 4.79 Å². The Morgan fingerprint density at radius 3 is 1.79 bits per heavy atom. The van der Waals surface area contributed by atoms with E-state index >= 15 is 0 Å². The van der Waals surface area contributed by atoms with Gasteiger partial charge in [-0.2, -0.15) is 0 Å². The molecule has 2 heteroatoms. The molecule has 0 saturated carbocycles. The van der Waals surface area contributed by atoms with Crippen LogP contribution in [0.25, 0.3) is 0 Å². The zero-order chi connectivity index (χ0) is 11.4. The van der Waals surface area contributed by atoms with Gasteiger partial charge in [-0.3, -0.25) is 0 Å². The highest BCUT2D eigenvalue weighted by Crippen LogP contribution is 1.98. The van der Waals surface area contributed by atoms with Crippen LogP contribution in [0.2, 0.25) is 0 Å². The van der Waals surface area contributed by atoms with Crippen molar-refractivity contribution in [3.8, 4) is 0 Å². The molecule has 0 fully saturated rings. The van der Waals surface area contributed by atoms with E-state index in [0.29, 0.717) is 6.04 Å². The lowest BCUT2D eigenvalue weighted by Crippen LogP contribution is -2.20. The molecule has 0 radical (unpaired) electrons. The summed E-state index contributed by atoms with van der Waals surface area (Å²) >= 11 is 0. The third kappa shape index (κ3) is 14.2. The van der Waals surface area contributed by atoms with Crippen LogP contribution < -0.4 is 5.32 Å². The van der Waals surface area contributed by atoms with E-state index < -0.39 is 0 Å². The van der Waals surface area contributed by atoms with Gasteiger partial charge in [-0.1, -0.05) is 33.6 Å². The highest BCUT2D eigenvalue weighted by molar-refractivity contribution is 5.52. The highest BCUT2D eigenvalue weighted by Gasteiger charge is 1.93. The second-order valence-electron chi connectivity index (χ2n) is 3.88. The molecule has 14 heavy (non-hydrogen) atoms. The summed E-state index contributed by atoms with van der Waals surface area (Å²) in [6.07, 6.45) is 5.71. The molecule has 0 aromatic heterocycles. The summed E-state index contributed by atoms with van der Waals surface area (Å²) in [6, 6.07) is 0.699.